The Labute approximate surface area is 117 Å². The summed E-state index contributed by atoms with van der Waals surface area (Å²) in [7, 11) is 0. The molecule has 0 bridgehead atoms. The van der Waals surface area contributed by atoms with Crippen LogP contribution in [0.2, 0.25) is 0 Å². The summed E-state index contributed by atoms with van der Waals surface area (Å²) in [5.41, 5.74) is 3.66. The van der Waals surface area contributed by atoms with Gasteiger partial charge in [0.15, 0.2) is 0 Å². The first-order valence-corrected chi connectivity index (χ1v) is 7.54. The van der Waals surface area contributed by atoms with Gasteiger partial charge in [-0.3, -0.25) is 0 Å². The van der Waals surface area contributed by atoms with Gasteiger partial charge < -0.3 is 5.32 Å². The molecule has 1 N–H and O–H groups in total. The van der Waals surface area contributed by atoms with Gasteiger partial charge in [0.1, 0.15) is 5.82 Å². The van der Waals surface area contributed by atoms with Crippen LogP contribution in [0.5, 0.6) is 0 Å². The molecule has 0 aromatic carbocycles. The molecule has 0 spiro atoms. The number of nitrogens with zero attached hydrogens (tertiary/aromatic N) is 2. The van der Waals surface area contributed by atoms with Gasteiger partial charge >= 0.3 is 0 Å². The van der Waals surface area contributed by atoms with Crippen LogP contribution in [0.3, 0.4) is 0 Å². The monoisotopic (exact) mass is 261 g/mol. The van der Waals surface area contributed by atoms with Crippen LogP contribution in [0, 0.1) is 19.8 Å². The summed E-state index contributed by atoms with van der Waals surface area (Å²) in [6.45, 7) is 11.9. The molecule has 1 aliphatic carbocycles. The maximum atomic E-state index is 4.72. The first-order chi connectivity index (χ1) is 8.97. The lowest BCUT2D eigenvalue weighted by atomic mass is 9.97. The van der Waals surface area contributed by atoms with Crippen LogP contribution >= 0.6 is 0 Å². The molecule has 1 heterocycles. The Morgan fingerprint density at radius 1 is 1.11 bits per heavy atom. The van der Waals surface area contributed by atoms with Crippen LogP contribution in [0.1, 0.15) is 62.3 Å². The van der Waals surface area contributed by atoms with Crippen molar-refractivity contribution in [1.29, 1.82) is 0 Å². The van der Waals surface area contributed by atoms with Crippen LogP contribution < -0.4 is 5.32 Å². The molecule has 0 aliphatic heterocycles. The van der Waals surface area contributed by atoms with Crippen molar-refractivity contribution in [2.45, 2.75) is 65.8 Å². The molecule has 3 nitrogen and oxygen atoms in total. The average molecular weight is 261 g/mol. The van der Waals surface area contributed by atoms with Gasteiger partial charge in [0, 0.05) is 30.4 Å². The number of hydrogen-bond acceptors (Lipinski definition) is 3. The highest BCUT2D eigenvalue weighted by atomic mass is 14.9. The van der Waals surface area contributed by atoms with Crippen LogP contribution in [0.25, 0.3) is 0 Å². The van der Waals surface area contributed by atoms with Gasteiger partial charge in [-0.1, -0.05) is 20.8 Å². The van der Waals surface area contributed by atoms with Crippen LogP contribution in [0.4, 0.5) is 0 Å². The van der Waals surface area contributed by atoms with Crippen LogP contribution in [0.15, 0.2) is 0 Å². The highest BCUT2D eigenvalue weighted by Gasteiger charge is 2.24. The first-order valence-electron chi connectivity index (χ1n) is 7.54. The molecule has 1 aliphatic rings. The third-order valence-electron chi connectivity index (χ3n) is 3.87. The molecule has 0 saturated heterocycles. The summed E-state index contributed by atoms with van der Waals surface area (Å²) in [5.74, 6) is 2.37. The molecule has 19 heavy (non-hydrogen) atoms. The van der Waals surface area contributed by atoms with Gasteiger partial charge in [-0.2, -0.15) is 0 Å². The molecule has 1 unspecified atom stereocenters. The van der Waals surface area contributed by atoms with Crippen molar-refractivity contribution in [2.75, 3.05) is 6.54 Å². The largest absolute Gasteiger partial charge is 0.314 e. The van der Waals surface area contributed by atoms with E-state index in [-0.39, 0.29) is 0 Å². The summed E-state index contributed by atoms with van der Waals surface area (Å²) in [6, 6.07) is 0.526. The molecule has 1 aromatic heterocycles. The van der Waals surface area contributed by atoms with Crippen molar-refractivity contribution in [3.05, 3.63) is 22.8 Å². The molecule has 1 fully saturated rings. The van der Waals surface area contributed by atoms with Crippen LogP contribution in [-0.2, 0) is 6.42 Å². The lowest BCUT2D eigenvalue weighted by Gasteiger charge is -2.19. The van der Waals surface area contributed by atoms with E-state index in [9.17, 15) is 0 Å². The minimum absolute atomic E-state index is 0.470. The van der Waals surface area contributed by atoms with Crippen molar-refractivity contribution in [2.24, 2.45) is 5.92 Å². The van der Waals surface area contributed by atoms with E-state index >= 15 is 0 Å². The summed E-state index contributed by atoms with van der Waals surface area (Å²) in [5, 5.41) is 3.50. The smallest absolute Gasteiger partial charge is 0.129 e. The number of aromatic nitrogens is 2. The Morgan fingerprint density at radius 2 is 1.68 bits per heavy atom. The molecule has 1 saturated carbocycles. The van der Waals surface area contributed by atoms with E-state index in [4.69, 9.17) is 9.97 Å². The molecule has 0 radical (unpaired) electrons. The lowest BCUT2D eigenvalue weighted by molar-refractivity contribution is 0.542. The predicted molar refractivity (Wildman–Crippen MR) is 79.5 cm³/mol. The van der Waals surface area contributed by atoms with E-state index in [0.29, 0.717) is 12.0 Å². The fourth-order valence-electron chi connectivity index (χ4n) is 2.69. The highest BCUT2D eigenvalue weighted by molar-refractivity contribution is 5.28. The maximum Gasteiger partial charge on any atom is 0.129 e. The van der Waals surface area contributed by atoms with E-state index in [1.807, 2.05) is 0 Å². The molecule has 2 rings (SSSR count). The second-order valence-electron chi connectivity index (χ2n) is 6.34. The molecule has 106 valence electrons. The Hall–Kier alpha value is -0.960. The number of nitrogens with one attached hydrogen (secondary N) is 1. The highest BCUT2D eigenvalue weighted by Crippen LogP contribution is 2.32. The summed E-state index contributed by atoms with van der Waals surface area (Å²) in [6.07, 6.45) is 3.79. The van der Waals surface area contributed by atoms with Gasteiger partial charge in [-0.25, -0.2) is 9.97 Å². The Kier molecular flexibility index (Phi) is 4.56. The number of aryl methyl sites for hydroxylation is 2. The van der Waals surface area contributed by atoms with E-state index in [2.05, 4.69) is 39.9 Å². The number of hydrogen-bond donors (Lipinski definition) is 1. The SMILES string of the molecule is Cc1nc(CC2CC2)nc(C)c1C(C)CNC(C)C. The number of rotatable bonds is 6. The van der Waals surface area contributed by atoms with E-state index in [1.165, 1.54) is 29.8 Å². The maximum absolute atomic E-state index is 4.72. The van der Waals surface area contributed by atoms with Crippen LogP contribution in [-0.4, -0.2) is 22.6 Å². The average Bonchev–Trinajstić information content (AvgIpc) is 3.09. The quantitative estimate of drug-likeness (QED) is 0.855. The topological polar surface area (TPSA) is 37.8 Å². The second kappa shape index (κ2) is 6.00. The predicted octanol–water partition coefficient (Wildman–Crippen LogP) is 3.15. The lowest BCUT2D eigenvalue weighted by Crippen LogP contribution is -2.28. The molecular weight excluding hydrogens is 234 g/mol. The summed E-state index contributed by atoms with van der Waals surface area (Å²) < 4.78 is 0. The first kappa shape index (κ1) is 14.4. The molecule has 3 heteroatoms. The molecular formula is C16H27N3. The van der Waals surface area contributed by atoms with Crippen molar-refractivity contribution in [1.82, 2.24) is 15.3 Å². The van der Waals surface area contributed by atoms with Gasteiger partial charge in [0.25, 0.3) is 0 Å². The molecule has 1 atom stereocenters. The molecule has 1 aromatic rings. The van der Waals surface area contributed by atoms with Gasteiger partial charge in [0.2, 0.25) is 0 Å². The van der Waals surface area contributed by atoms with Gasteiger partial charge in [-0.05, 0) is 44.1 Å². The van der Waals surface area contributed by atoms with Crippen molar-refractivity contribution in [3.63, 3.8) is 0 Å². The third-order valence-corrected chi connectivity index (χ3v) is 3.87. The zero-order valence-electron chi connectivity index (χ0n) is 13.0. The van der Waals surface area contributed by atoms with E-state index in [1.54, 1.807) is 0 Å². The summed E-state index contributed by atoms with van der Waals surface area (Å²) >= 11 is 0. The second-order valence-corrected chi connectivity index (χ2v) is 6.34. The normalized spacial score (nSPS) is 16.9. The minimum Gasteiger partial charge on any atom is -0.314 e. The summed E-state index contributed by atoms with van der Waals surface area (Å²) in [4.78, 5) is 9.45. The van der Waals surface area contributed by atoms with E-state index < -0.39 is 0 Å². The van der Waals surface area contributed by atoms with Gasteiger partial charge in [-0.15, -0.1) is 0 Å². The van der Waals surface area contributed by atoms with E-state index in [0.717, 1.165) is 24.7 Å². The Balaban J connectivity index is 2.10. The molecule has 0 amide bonds. The van der Waals surface area contributed by atoms with Crippen molar-refractivity contribution in [3.8, 4) is 0 Å². The minimum atomic E-state index is 0.470. The third kappa shape index (κ3) is 4.00. The zero-order valence-corrected chi connectivity index (χ0v) is 13.0. The van der Waals surface area contributed by atoms with Gasteiger partial charge in [0.05, 0.1) is 0 Å². The van der Waals surface area contributed by atoms with Crippen molar-refractivity contribution < 1.29 is 0 Å². The Bertz CT molecular complexity index is 413. The fraction of sp³-hybridized carbons (Fsp3) is 0.750. The standard InChI is InChI=1S/C16H27N3/c1-10(2)17-9-11(3)16-12(4)18-15(19-13(16)5)8-14-6-7-14/h10-11,14,17H,6-9H2,1-5H3. The van der Waals surface area contributed by atoms with Crippen molar-refractivity contribution >= 4 is 0 Å². The zero-order chi connectivity index (χ0) is 14.0. The fourth-order valence-corrected chi connectivity index (χ4v) is 2.69. The Morgan fingerprint density at radius 3 is 2.16 bits per heavy atom.